The van der Waals surface area contributed by atoms with Gasteiger partial charge in [0.1, 0.15) is 0 Å². The van der Waals surface area contributed by atoms with Crippen LogP contribution in [0, 0.1) is 18.8 Å². The highest BCUT2D eigenvalue weighted by Crippen LogP contribution is 2.34. The van der Waals surface area contributed by atoms with Crippen LogP contribution in [-0.2, 0) is 10.0 Å². The van der Waals surface area contributed by atoms with E-state index >= 15 is 0 Å². The van der Waals surface area contributed by atoms with Crippen molar-refractivity contribution in [2.24, 2.45) is 5.73 Å². The van der Waals surface area contributed by atoms with Gasteiger partial charge in [-0.25, -0.2) is 8.42 Å². The lowest BCUT2D eigenvalue weighted by atomic mass is 10.0. The summed E-state index contributed by atoms with van der Waals surface area (Å²) in [6, 6.07) is 5.27. The van der Waals surface area contributed by atoms with Crippen molar-refractivity contribution in [3.8, 4) is 11.8 Å². The van der Waals surface area contributed by atoms with Crippen molar-refractivity contribution in [1.29, 1.82) is 0 Å². The lowest BCUT2D eigenvalue weighted by Crippen LogP contribution is -2.42. The fourth-order valence-electron chi connectivity index (χ4n) is 2.76. The third-order valence-electron chi connectivity index (χ3n) is 3.85. The van der Waals surface area contributed by atoms with Crippen molar-refractivity contribution in [2.75, 3.05) is 13.1 Å². The monoisotopic (exact) mass is 306 g/mol. The summed E-state index contributed by atoms with van der Waals surface area (Å²) in [6.45, 7) is 6.63. The molecule has 1 aromatic carbocycles. The zero-order chi connectivity index (χ0) is 15.7. The molecule has 21 heavy (non-hydrogen) atoms. The minimum absolute atomic E-state index is 0.211. The summed E-state index contributed by atoms with van der Waals surface area (Å²) >= 11 is 0. The van der Waals surface area contributed by atoms with E-state index in [0.717, 1.165) is 18.4 Å². The fraction of sp³-hybridized carbons (Fsp3) is 0.500. The van der Waals surface area contributed by atoms with Crippen molar-refractivity contribution in [2.45, 2.75) is 44.0 Å². The molecule has 1 fully saturated rings. The van der Waals surface area contributed by atoms with Crippen molar-refractivity contribution < 1.29 is 8.42 Å². The number of sulfonamides is 1. The van der Waals surface area contributed by atoms with E-state index in [4.69, 9.17) is 5.73 Å². The van der Waals surface area contributed by atoms with Crippen LogP contribution in [0.5, 0.6) is 0 Å². The van der Waals surface area contributed by atoms with Crippen molar-refractivity contribution in [3.05, 3.63) is 29.3 Å². The largest absolute Gasteiger partial charge is 0.320 e. The number of hydrogen-bond acceptors (Lipinski definition) is 3. The molecule has 5 heteroatoms. The van der Waals surface area contributed by atoms with E-state index in [2.05, 4.69) is 11.8 Å². The molecule has 0 amide bonds. The van der Waals surface area contributed by atoms with Gasteiger partial charge in [-0.05, 0) is 51.3 Å². The molecule has 0 aromatic heterocycles. The molecule has 2 N–H and O–H groups in total. The summed E-state index contributed by atoms with van der Waals surface area (Å²) in [4.78, 5) is 0.282. The average molecular weight is 306 g/mol. The molecule has 0 bridgehead atoms. The first-order chi connectivity index (χ1) is 9.79. The summed E-state index contributed by atoms with van der Waals surface area (Å²) in [5.74, 6) is 5.64. The van der Waals surface area contributed by atoms with E-state index in [1.165, 1.54) is 0 Å². The molecule has 0 radical (unpaired) electrons. The first kappa shape index (κ1) is 16.0. The zero-order valence-electron chi connectivity index (χ0n) is 12.8. The second-order valence-corrected chi connectivity index (χ2v) is 7.83. The van der Waals surface area contributed by atoms with Crippen LogP contribution in [0.2, 0.25) is 0 Å². The molecular weight excluding hydrogens is 284 g/mol. The SMILES string of the molecule is Cc1ccc(S(=O)(=O)N2CCCC2(C)C)c(C#CCN)c1. The molecule has 1 heterocycles. The van der Waals surface area contributed by atoms with Gasteiger partial charge in [0.05, 0.1) is 11.4 Å². The number of hydrogen-bond donors (Lipinski definition) is 1. The molecule has 0 spiro atoms. The highest BCUT2D eigenvalue weighted by atomic mass is 32.2. The fourth-order valence-corrected chi connectivity index (χ4v) is 4.74. The lowest BCUT2D eigenvalue weighted by Gasteiger charge is -2.30. The van der Waals surface area contributed by atoms with Crippen LogP contribution in [0.1, 0.15) is 37.8 Å². The van der Waals surface area contributed by atoms with Gasteiger partial charge in [0.2, 0.25) is 10.0 Å². The molecule has 1 saturated heterocycles. The predicted octanol–water partition coefficient (Wildman–Crippen LogP) is 1.87. The maximum Gasteiger partial charge on any atom is 0.244 e. The molecule has 1 aromatic rings. The van der Waals surface area contributed by atoms with Crippen LogP contribution in [0.15, 0.2) is 23.1 Å². The number of aryl methyl sites for hydroxylation is 1. The zero-order valence-corrected chi connectivity index (χ0v) is 13.6. The Morgan fingerprint density at radius 1 is 1.38 bits per heavy atom. The Balaban J connectivity index is 2.55. The number of benzene rings is 1. The van der Waals surface area contributed by atoms with E-state index in [1.54, 1.807) is 16.4 Å². The second-order valence-electron chi connectivity index (χ2n) is 6.00. The number of nitrogens with two attached hydrogens (primary N) is 1. The molecule has 1 aliphatic rings. The maximum absolute atomic E-state index is 13.0. The molecule has 4 nitrogen and oxygen atoms in total. The van der Waals surface area contributed by atoms with Gasteiger partial charge in [-0.1, -0.05) is 17.9 Å². The van der Waals surface area contributed by atoms with Gasteiger partial charge >= 0.3 is 0 Å². The Morgan fingerprint density at radius 2 is 2.10 bits per heavy atom. The summed E-state index contributed by atoms with van der Waals surface area (Å²) < 4.78 is 27.5. The Morgan fingerprint density at radius 3 is 2.67 bits per heavy atom. The number of nitrogens with zero attached hydrogens (tertiary/aromatic N) is 1. The van der Waals surface area contributed by atoms with E-state index in [0.29, 0.717) is 12.1 Å². The standard InChI is InChI=1S/C16H22N2O2S/c1-13-7-8-15(14(12-13)6-4-10-17)21(19,20)18-11-5-9-16(18,2)3/h7-8,12H,5,9-11,17H2,1-3H3. The highest BCUT2D eigenvalue weighted by Gasteiger charge is 2.41. The van der Waals surface area contributed by atoms with Gasteiger partial charge in [-0.3, -0.25) is 0 Å². The minimum Gasteiger partial charge on any atom is -0.320 e. The summed E-state index contributed by atoms with van der Waals surface area (Å²) in [7, 11) is -3.53. The van der Waals surface area contributed by atoms with E-state index in [-0.39, 0.29) is 17.0 Å². The van der Waals surface area contributed by atoms with E-state index in [1.807, 2.05) is 26.8 Å². The summed E-state index contributed by atoms with van der Waals surface area (Å²) in [6.07, 6.45) is 1.77. The maximum atomic E-state index is 13.0. The van der Waals surface area contributed by atoms with Gasteiger partial charge in [0, 0.05) is 17.6 Å². The predicted molar refractivity (Wildman–Crippen MR) is 84.3 cm³/mol. The van der Waals surface area contributed by atoms with Gasteiger partial charge in [-0.15, -0.1) is 0 Å². The normalized spacial score (nSPS) is 18.3. The first-order valence-corrected chi connectivity index (χ1v) is 8.55. The van der Waals surface area contributed by atoms with E-state index in [9.17, 15) is 8.42 Å². The molecule has 2 rings (SSSR count). The third-order valence-corrected chi connectivity index (χ3v) is 6.02. The van der Waals surface area contributed by atoms with Crippen LogP contribution in [0.3, 0.4) is 0 Å². The van der Waals surface area contributed by atoms with Crippen LogP contribution in [-0.4, -0.2) is 31.4 Å². The quantitative estimate of drug-likeness (QED) is 0.848. The topological polar surface area (TPSA) is 63.4 Å². The van der Waals surface area contributed by atoms with Crippen LogP contribution in [0.4, 0.5) is 0 Å². The first-order valence-electron chi connectivity index (χ1n) is 7.11. The highest BCUT2D eigenvalue weighted by molar-refractivity contribution is 7.89. The van der Waals surface area contributed by atoms with E-state index < -0.39 is 10.0 Å². The summed E-state index contributed by atoms with van der Waals surface area (Å²) in [5, 5.41) is 0. The van der Waals surface area contributed by atoms with Crippen molar-refractivity contribution in [1.82, 2.24) is 4.31 Å². The van der Waals surface area contributed by atoms with Crippen LogP contribution >= 0.6 is 0 Å². The van der Waals surface area contributed by atoms with Gasteiger partial charge < -0.3 is 5.73 Å². The molecule has 0 saturated carbocycles. The van der Waals surface area contributed by atoms with Gasteiger partial charge in [0.15, 0.2) is 0 Å². The average Bonchev–Trinajstić information content (AvgIpc) is 2.76. The third kappa shape index (κ3) is 3.13. The smallest absolute Gasteiger partial charge is 0.244 e. The lowest BCUT2D eigenvalue weighted by molar-refractivity contribution is 0.291. The Hall–Kier alpha value is -1.35. The Kier molecular flexibility index (Phi) is 4.43. The Labute approximate surface area is 127 Å². The minimum atomic E-state index is -3.53. The van der Waals surface area contributed by atoms with Crippen LogP contribution < -0.4 is 5.73 Å². The van der Waals surface area contributed by atoms with Crippen molar-refractivity contribution in [3.63, 3.8) is 0 Å². The molecule has 0 unspecified atom stereocenters. The Bertz CT molecular complexity index is 697. The second kappa shape index (κ2) is 5.80. The number of rotatable bonds is 2. The molecule has 1 aliphatic heterocycles. The van der Waals surface area contributed by atoms with Gasteiger partial charge in [-0.2, -0.15) is 4.31 Å². The summed E-state index contributed by atoms with van der Waals surface area (Å²) in [5.41, 5.74) is 6.57. The van der Waals surface area contributed by atoms with Crippen molar-refractivity contribution >= 4 is 10.0 Å². The van der Waals surface area contributed by atoms with Crippen LogP contribution in [0.25, 0.3) is 0 Å². The molecular formula is C16H22N2O2S. The molecule has 0 aliphatic carbocycles. The molecule has 114 valence electrons. The van der Waals surface area contributed by atoms with Gasteiger partial charge in [0.25, 0.3) is 0 Å². The molecule has 0 atom stereocenters.